The normalized spacial score (nSPS) is 10.3. The minimum atomic E-state index is -0.182. The number of hydrogen-bond donors (Lipinski definition) is 2. The van der Waals surface area contributed by atoms with Crippen molar-refractivity contribution in [1.29, 1.82) is 0 Å². The van der Waals surface area contributed by atoms with Crippen molar-refractivity contribution in [2.24, 2.45) is 0 Å². The smallest absolute Gasteiger partial charge is 0.256 e. The number of amides is 1. The number of aryl methyl sites for hydroxylation is 2. The third kappa shape index (κ3) is 4.19. The third-order valence-corrected chi connectivity index (χ3v) is 3.95. The Kier molecular flexibility index (Phi) is 5.17. The van der Waals surface area contributed by atoms with Crippen LogP contribution in [0.5, 0.6) is 5.75 Å². The molecule has 0 aliphatic carbocycles. The van der Waals surface area contributed by atoms with Crippen molar-refractivity contribution >= 4 is 23.1 Å². The molecule has 1 heterocycles. The van der Waals surface area contributed by atoms with Crippen molar-refractivity contribution in [1.82, 2.24) is 4.98 Å². The molecule has 0 saturated carbocycles. The van der Waals surface area contributed by atoms with Crippen molar-refractivity contribution in [3.8, 4) is 5.75 Å². The standard InChI is InChI=1S/C21H21N3O2/c1-14-4-7-16(8-5-14)21(25)24-20-11-9-17(13-22-20)23-18-12-15(2)6-10-19(18)26-3/h4-13,23H,1-3H3,(H,22,24,25). The summed E-state index contributed by atoms with van der Waals surface area (Å²) in [6.45, 7) is 4.00. The molecule has 0 saturated heterocycles. The van der Waals surface area contributed by atoms with Crippen LogP contribution in [0.25, 0.3) is 0 Å². The summed E-state index contributed by atoms with van der Waals surface area (Å²) in [7, 11) is 1.64. The van der Waals surface area contributed by atoms with Gasteiger partial charge in [-0.25, -0.2) is 4.98 Å². The molecule has 0 aliphatic heterocycles. The highest BCUT2D eigenvalue weighted by molar-refractivity contribution is 6.03. The Labute approximate surface area is 153 Å². The van der Waals surface area contributed by atoms with Gasteiger partial charge in [-0.3, -0.25) is 4.79 Å². The molecule has 5 heteroatoms. The molecular weight excluding hydrogens is 326 g/mol. The maximum Gasteiger partial charge on any atom is 0.256 e. The summed E-state index contributed by atoms with van der Waals surface area (Å²) in [5.74, 6) is 1.07. The fourth-order valence-electron chi connectivity index (χ4n) is 2.51. The minimum absolute atomic E-state index is 0.182. The molecule has 2 aromatic carbocycles. The van der Waals surface area contributed by atoms with Crippen LogP contribution < -0.4 is 15.4 Å². The van der Waals surface area contributed by atoms with Crippen molar-refractivity contribution in [3.05, 3.63) is 77.5 Å². The number of rotatable bonds is 5. The summed E-state index contributed by atoms with van der Waals surface area (Å²) in [5, 5.41) is 6.08. The molecule has 0 unspecified atom stereocenters. The Morgan fingerprint density at radius 3 is 2.35 bits per heavy atom. The van der Waals surface area contributed by atoms with Crippen LogP contribution in [-0.4, -0.2) is 18.0 Å². The van der Waals surface area contributed by atoms with Gasteiger partial charge in [-0.05, 0) is 55.8 Å². The summed E-state index contributed by atoms with van der Waals surface area (Å²) >= 11 is 0. The molecule has 0 fully saturated rings. The lowest BCUT2D eigenvalue weighted by atomic mass is 10.1. The summed E-state index contributed by atoms with van der Waals surface area (Å²) in [4.78, 5) is 16.5. The highest BCUT2D eigenvalue weighted by Gasteiger charge is 2.07. The van der Waals surface area contributed by atoms with Crippen molar-refractivity contribution < 1.29 is 9.53 Å². The van der Waals surface area contributed by atoms with Gasteiger partial charge in [0, 0.05) is 5.56 Å². The van der Waals surface area contributed by atoms with E-state index in [0.29, 0.717) is 11.4 Å². The van der Waals surface area contributed by atoms with Crippen molar-refractivity contribution in [2.45, 2.75) is 13.8 Å². The number of carbonyl (C=O) groups excluding carboxylic acids is 1. The molecule has 1 aromatic heterocycles. The molecule has 0 atom stereocenters. The highest BCUT2D eigenvalue weighted by atomic mass is 16.5. The van der Waals surface area contributed by atoms with Crippen LogP contribution in [0.1, 0.15) is 21.5 Å². The van der Waals surface area contributed by atoms with Crippen LogP contribution in [0.2, 0.25) is 0 Å². The lowest BCUT2D eigenvalue weighted by Gasteiger charge is -2.12. The van der Waals surface area contributed by atoms with E-state index < -0.39 is 0 Å². The number of anilines is 3. The number of benzene rings is 2. The number of carbonyl (C=O) groups is 1. The second-order valence-corrected chi connectivity index (χ2v) is 6.08. The maximum absolute atomic E-state index is 12.2. The van der Waals surface area contributed by atoms with Gasteiger partial charge >= 0.3 is 0 Å². The molecule has 0 aliphatic rings. The predicted octanol–water partition coefficient (Wildman–Crippen LogP) is 4.70. The summed E-state index contributed by atoms with van der Waals surface area (Å²) in [5.41, 5.74) is 4.52. The number of nitrogens with zero attached hydrogens (tertiary/aromatic N) is 1. The highest BCUT2D eigenvalue weighted by Crippen LogP contribution is 2.28. The predicted molar refractivity (Wildman–Crippen MR) is 104 cm³/mol. The van der Waals surface area contributed by atoms with E-state index in [2.05, 4.69) is 15.6 Å². The van der Waals surface area contributed by atoms with Gasteiger partial charge in [0.1, 0.15) is 11.6 Å². The lowest BCUT2D eigenvalue weighted by molar-refractivity contribution is 0.102. The molecular formula is C21H21N3O2. The molecule has 2 N–H and O–H groups in total. The van der Waals surface area contributed by atoms with Crippen molar-refractivity contribution in [3.63, 3.8) is 0 Å². The Hall–Kier alpha value is -3.34. The Bertz CT molecular complexity index is 904. The van der Waals surface area contributed by atoms with Gasteiger partial charge in [0.15, 0.2) is 0 Å². The van der Waals surface area contributed by atoms with E-state index in [1.165, 1.54) is 0 Å². The van der Waals surface area contributed by atoms with Gasteiger partial charge < -0.3 is 15.4 Å². The molecule has 132 valence electrons. The molecule has 26 heavy (non-hydrogen) atoms. The number of hydrogen-bond acceptors (Lipinski definition) is 4. The molecule has 3 aromatic rings. The maximum atomic E-state index is 12.2. The van der Waals surface area contributed by atoms with E-state index in [-0.39, 0.29) is 5.91 Å². The first kappa shape index (κ1) is 17.5. The van der Waals surface area contributed by atoms with Gasteiger partial charge in [0.25, 0.3) is 5.91 Å². The topological polar surface area (TPSA) is 63.2 Å². The van der Waals surface area contributed by atoms with E-state index in [1.54, 1.807) is 31.5 Å². The number of nitrogens with one attached hydrogen (secondary N) is 2. The second-order valence-electron chi connectivity index (χ2n) is 6.08. The molecule has 0 bridgehead atoms. The molecule has 1 amide bonds. The van der Waals surface area contributed by atoms with Gasteiger partial charge in [-0.2, -0.15) is 0 Å². The van der Waals surface area contributed by atoms with E-state index in [4.69, 9.17) is 4.74 Å². The minimum Gasteiger partial charge on any atom is -0.495 e. The molecule has 3 rings (SSSR count). The molecule has 0 spiro atoms. The van der Waals surface area contributed by atoms with Gasteiger partial charge in [0.05, 0.1) is 24.7 Å². The fraction of sp³-hybridized carbons (Fsp3) is 0.143. The Morgan fingerprint density at radius 2 is 1.69 bits per heavy atom. The average molecular weight is 347 g/mol. The first-order valence-electron chi connectivity index (χ1n) is 8.31. The third-order valence-electron chi connectivity index (χ3n) is 3.95. The number of ether oxygens (including phenoxy) is 1. The van der Waals surface area contributed by atoms with Gasteiger partial charge in [-0.1, -0.05) is 23.8 Å². The van der Waals surface area contributed by atoms with E-state index in [0.717, 1.165) is 28.3 Å². The summed E-state index contributed by atoms with van der Waals surface area (Å²) < 4.78 is 5.37. The monoisotopic (exact) mass is 347 g/mol. The summed E-state index contributed by atoms with van der Waals surface area (Å²) in [6.07, 6.45) is 1.67. The van der Waals surface area contributed by atoms with Crippen LogP contribution in [-0.2, 0) is 0 Å². The van der Waals surface area contributed by atoms with E-state index >= 15 is 0 Å². The SMILES string of the molecule is COc1ccc(C)cc1Nc1ccc(NC(=O)c2ccc(C)cc2)nc1. The zero-order valence-electron chi connectivity index (χ0n) is 15.0. The van der Waals surface area contributed by atoms with Crippen molar-refractivity contribution in [2.75, 3.05) is 17.7 Å². The largest absolute Gasteiger partial charge is 0.495 e. The lowest BCUT2D eigenvalue weighted by Crippen LogP contribution is -2.12. The van der Waals surface area contributed by atoms with Crippen LogP contribution >= 0.6 is 0 Å². The van der Waals surface area contributed by atoms with Crippen LogP contribution in [0.3, 0.4) is 0 Å². The fourth-order valence-corrected chi connectivity index (χ4v) is 2.51. The molecule has 0 radical (unpaired) electrons. The number of aromatic nitrogens is 1. The van der Waals surface area contributed by atoms with E-state index in [1.807, 2.05) is 50.2 Å². The first-order valence-corrected chi connectivity index (χ1v) is 8.31. The molecule has 5 nitrogen and oxygen atoms in total. The zero-order valence-corrected chi connectivity index (χ0v) is 15.0. The Morgan fingerprint density at radius 1 is 0.962 bits per heavy atom. The van der Waals surface area contributed by atoms with Gasteiger partial charge in [0.2, 0.25) is 0 Å². The van der Waals surface area contributed by atoms with Crippen LogP contribution in [0, 0.1) is 13.8 Å². The number of pyridine rings is 1. The average Bonchev–Trinajstić information content (AvgIpc) is 2.64. The second kappa shape index (κ2) is 7.70. The zero-order chi connectivity index (χ0) is 18.5. The summed E-state index contributed by atoms with van der Waals surface area (Å²) in [6, 6.07) is 16.9. The van der Waals surface area contributed by atoms with Crippen LogP contribution in [0.15, 0.2) is 60.8 Å². The quantitative estimate of drug-likeness (QED) is 0.702. The Balaban J connectivity index is 1.70. The number of methoxy groups -OCH3 is 1. The van der Waals surface area contributed by atoms with E-state index in [9.17, 15) is 4.79 Å². The van der Waals surface area contributed by atoms with Crippen LogP contribution in [0.4, 0.5) is 17.2 Å². The first-order chi connectivity index (χ1) is 12.5. The van der Waals surface area contributed by atoms with Gasteiger partial charge in [-0.15, -0.1) is 0 Å².